The molecular formula is C23H30N2O5S. The average molecular weight is 447 g/mol. The van der Waals surface area contributed by atoms with Gasteiger partial charge in [-0.2, -0.15) is 4.31 Å². The maximum absolute atomic E-state index is 13.0. The Morgan fingerprint density at radius 1 is 1.13 bits per heavy atom. The Morgan fingerprint density at radius 3 is 2.48 bits per heavy atom. The van der Waals surface area contributed by atoms with Gasteiger partial charge < -0.3 is 14.8 Å². The molecule has 1 aliphatic rings. The Labute approximate surface area is 184 Å². The molecule has 8 heteroatoms. The lowest BCUT2D eigenvalue weighted by Gasteiger charge is -2.30. The molecule has 31 heavy (non-hydrogen) atoms. The zero-order valence-corrected chi connectivity index (χ0v) is 19.1. The number of aryl methyl sites for hydroxylation is 1. The van der Waals surface area contributed by atoms with Gasteiger partial charge >= 0.3 is 0 Å². The maximum atomic E-state index is 13.0. The van der Waals surface area contributed by atoms with Crippen molar-refractivity contribution in [3.8, 4) is 11.5 Å². The molecule has 0 radical (unpaired) electrons. The van der Waals surface area contributed by atoms with Gasteiger partial charge in [0.25, 0.3) is 0 Å². The van der Waals surface area contributed by atoms with E-state index in [4.69, 9.17) is 9.47 Å². The number of methoxy groups -OCH3 is 1. The standard InChI is InChI=1S/C23H30N2O5S/c1-4-30-21-10-9-20(15-17(21)2)31(27,28)25-13-11-18(12-14-25)23(26)24-16-19-7-5-6-8-22(19)29-3/h5-10,15,18H,4,11-14,16H2,1-3H3,(H,24,26). The number of hydrogen-bond acceptors (Lipinski definition) is 5. The fourth-order valence-electron chi connectivity index (χ4n) is 3.78. The highest BCUT2D eigenvalue weighted by Crippen LogP contribution is 2.27. The second-order valence-corrected chi connectivity index (χ2v) is 9.51. The van der Waals surface area contributed by atoms with E-state index >= 15 is 0 Å². The van der Waals surface area contributed by atoms with Crippen LogP contribution >= 0.6 is 0 Å². The number of sulfonamides is 1. The van der Waals surface area contributed by atoms with Crippen LogP contribution in [-0.4, -0.2) is 45.4 Å². The molecule has 1 aliphatic heterocycles. The van der Waals surface area contributed by atoms with Crippen molar-refractivity contribution in [2.45, 2.75) is 38.1 Å². The third-order valence-corrected chi connectivity index (χ3v) is 7.45. The number of amides is 1. The molecule has 0 aliphatic carbocycles. The first-order valence-corrected chi connectivity index (χ1v) is 11.9. The number of para-hydroxylation sites is 1. The number of ether oxygens (including phenoxy) is 2. The van der Waals surface area contributed by atoms with E-state index in [0.717, 1.165) is 16.9 Å². The summed E-state index contributed by atoms with van der Waals surface area (Å²) in [5.41, 5.74) is 1.69. The van der Waals surface area contributed by atoms with Crippen molar-refractivity contribution < 1.29 is 22.7 Å². The Morgan fingerprint density at radius 2 is 1.84 bits per heavy atom. The first-order chi connectivity index (χ1) is 14.9. The van der Waals surface area contributed by atoms with Gasteiger partial charge in [-0.15, -0.1) is 0 Å². The Balaban J connectivity index is 1.58. The van der Waals surface area contributed by atoms with E-state index in [-0.39, 0.29) is 16.7 Å². The fourth-order valence-corrected chi connectivity index (χ4v) is 5.34. The van der Waals surface area contributed by atoms with Gasteiger partial charge in [-0.3, -0.25) is 4.79 Å². The largest absolute Gasteiger partial charge is 0.496 e. The minimum Gasteiger partial charge on any atom is -0.496 e. The third kappa shape index (κ3) is 5.37. The van der Waals surface area contributed by atoms with E-state index in [9.17, 15) is 13.2 Å². The van der Waals surface area contributed by atoms with E-state index in [2.05, 4.69) is 5.32 Å². The zero-order chi connectivity index (χ0) is 22.4. The van der Waals surface area contributed by atoms with Crippen LogP contribution in [0.1, 0.15) is 30.9 Å². The van der Waals surface area contributed by atoms with E-state index in [1.807, 2.05) is 38.1 Å². The molecule has 1 N–H and O–H groups in total. The fraction of sp³-hybridized carbons (Fsp3) is 0.435. The van der Waals surface area contributed by atoms with Crippen LogP contribution in [0.15, 0.2) is 47.4 Å². The Kier molecular flexibility index (Phi) is 7.56. The van der Waals surface area contributed by atoms with Crippen LogP contribution in [0.2, 0.25) is 0 Å². The number of rotatable bonds is 8. The van der Waals surface area contributed by atoms with E-state index in [1.165, 1.54) is 4.31 Å². The highest BCUT2D eigenvalue weighted by atomic mass is 32.2. The first-order valence-electron chi connectivity index (χ1n) is 10.5. The molecule has 0 unspecified atom stereocenters. The molecule has 2 aromatic carbocycles. The summed E-state index contributed by atoms with van der Waals surface area (Å²) in [7, 11) is -2.00. The SMILES string of the molecule is CCOc1ccc(S(=O)(=O)N2CCC(C(=O)NCc3ccccc3OC)CC2)cc1C. The summed E-state index contributed by atoms with van der Waals surface area (Å²) < 4.78 is 38.4. The molecule has 1 heterocycles. The molecule has 1 saturated heterocycles. The summed E-state index contributed by atoms with van der Waals surface area (Å²) >= 11 is 0. The van der Waals surface area contributed by atoms with E-state index in [1.54, 1.807) is 25.3 Å². The van der Waals surface area contributed by atoms with Crippen LogP contribution in [-0.2, 0) is 21.4 Å². The van der Waals surface area contributed by atoms with Crippen molar-refractivity contribution >= 4 is 15.9 Å². The summed E-state index contributed by atoms with van der Waals surface area (Å²) in [6, 6.07) is 12.5. The molecule has 168 valence electrons. The number of carbonyl (C=O) groups is 1. The van der Waals surface area contributed by atoms with Crippen LogP contribution in [0, 0.1) is 12.8 Å². The lowest BCUT2D eigenvalue weighted by atomic mass is 9.97. The molecule has 1 amide bonds. The van der Waals surface area contributed by atoms with Crippen molar-refractivity contribution in [2.24, 2.45) is 5.92 Å². The van der Waals surface area contributed by atoms with E-state index < -0.39 is 10.0 Å². The van der Waals surface area contributed by atoms with Gasteiger partial charge in [0.15, 0.2) is 0 Å². The van der Waals surface area contributed by atoms with Crippen molar-refractivity contribution in [3.63, 3.8) is 0 Å². The van der Waals surface area contributed by atoms with Gasteiger partial charge in [-0.05, 0) is 56.5 Å². The van der Waals surface area contributed by atoms with Crippen LogP contribution in [0.3, 0.4) is 0 Å². The quantitative estimate of drug-likeness (QED) is 0.674. The van der Waals surface area contributed by atoms with Gasteiger partial charge in [0.05, 0.1) is 18.6 Å². The molecule has 2 aromatic rings. The number of nitrogens with zero attached hydrogens (tertiary/aromatic N) is 1. The molecule has 0 saturated carbocycles. The molecule has 0 aromatic heterocycles. The predicted molar refractivity (Wildman–Crippen MR) is 119 cm³/mol. The number of hydrogen-bond donors (Lipinski definition) is 1. The van der Waals surface area contributed by atoms with Gasteiger partial charge in [-0.1, -0.05) is 18.2 Å². The molecule has 0 atom stereocenters. The minimum atomic E-state index is -3.60. The number of benzene rings is 2. The van der Waals surface area contributed by atoms with E-state index in [0.29, 0.717) is 44.8 Å². The summed E-state index contributed by atoms with van der Waals surface area (Å²) in [4.78, 5) is 12.9. The van der Waals surface area contributed by atoms with Gasteiger partial charge in [0.2, 0.25) is 15.9 Å². The van der Waals surface area contributed by atoms with Gasteiger partial charge in [0, 0.05) is 31.1 Å². The summed E-state index contributed by atoms with van der Waals surface area (Å²) in [6.07, 6.45) is 0.986. The first kappa shape index (κ1) is 23.1. The van der Waals surface area contributed by atoms with Crippen LogP contribution < -0.4 is 14.8 Å². The molecule has 3 rings (SSSR count). The second kappa shape index (κ2) is 10.2. The number of nitrogens with one attached hydrogen (secondary N) is 1. The van der Waals surface area contributed by atoms with Crippen LogP contribution in [0.25, 0.3) is 0 Å². The predicted octanol–water partition coefficient (Wildman–Crippen LogP) is 3.12. The third-order valence-electron chi connectivity index (χ3n) is 5.55. The number of piperidine rings is 1. The topological polar surface area (TPSA) is 84.9 Å². The van der Waals surface area contributed by atoms with Crippen molar-refractivity contribution in [2.75, 3.05) is 26.8 Å². The lowest BCUT2D eigenvalue weighted by molar-refractivity contribution is -0.126. The van der Waals surface area contributed by atoms with Crippen molar-refractivity contribution in [3.05, 3.63) is 53.6 Å². The molecule has 0 bridgehead atoms. The summed E-state index contributed by atoms with van der Waals surface area (Å²) in [5, 5.41) is 2.95. The lowest BCUT2D eigenvalue weighted by Crippen LogP contribution is -2.42. The van der Waals surface area contributed by atoms with Gasteiger partial charge in [0.1, 0.15) is 11.5 Å². The average Bonchev–Trinajstić information content (AvgIpc) is 2.79. The normalized spacial score (nSPS) is 15.5. The summed E-state index contributed by atoms with van der Waals surface area (Å²) in [5.74, 6) is 1.16. The van der Waals surface area contributed by atoms with Crippen molar-refractivity contribution in [1.82, 2.24) is 9.62 Å². The van der Waals surface area contributed by atoms with Gasteiger partial charge in [-0.25, -0.2) is 8.42 Å². The van der Waals surface area contributed by atoms with Crippen LogP contribution in [0.5, 0.6) is 11.5 Å². The van der Waals surface area contributed by atoms with Crippen molar-refractivity contribution in [1.29, 1.82) is 0 Å². The highest BCUT2D eigenvalue weighted by Gasteiger charge is 2.32. The second-order valence-electron chi connectivity index (χ2n) is 7.57. The Hall–Kier alpha value is -2.58. The smallest absolute Gasteiger partial charge is 0.243 e. The zero-order valence-electron chi connectivity index (χ0n) is 18.3. The molecule has 0 spiro atoms. The highest BCUT2D eigenvalue weighted by molar-refractivity contribution is 7.89. The monoisotopic (exact) mass is 446 g/mol. The minimum absolute atomic E-state index is 0.0557. The molecular weight excluding hydrogens is 416 g/mol. The van der Waals surface area contributed by atoms with Crippen LogP contribution in [0.4, 0.5) is 0 Å². The summed E-state index contributed by atoms with van der Waals surface area (Å²) in [6.45, 7) is 5.28. The maximum Gasteiger partial charge on any atom is 0.243 e. The molecule has 1 fully saturated rings. The number of carbonyl (C=O) groups excluding carboxylic acids is 1. The Bertz CT molecular complexity index is 1010. The molecule has 7 nitrogen and oxygen atoms in total.